The first-order chi connectivity index (χ1) is 13.4. The fourth-order valence-corrected chi connectivity index (χ4v) is 5.60. The van der Waals surface area contributed by atoms with Crippen molar-refractivity contribution in [1.29, 1.82) is 0 Å². The summed E-state index contributed by atoms with van der Waals surface area (Å²) in [6, 6.07) is 17.5. The average Bonchev–Trinajstić information content (AvgIpc) is 3.08. The van der Waals surface area contributed by atoms with Crippen LogP contribution in [0.5, 0.6) is 0 Å². The Kier molecular flexibility index (Phi) is 2.79. The summed E-state index contributed by atoms with van der Waals surface area (Å²) in [4.78, 5) is 9.75. The summed E-state index contributed by atoms with van der Waals surface area (Å²) in [6.45, 7) is 9.33. The molecule has 4 aromatic rings. The van der Waals surface area contributed by atoms with Crippen molar-refractivity contribution in [2.45, 2.75) is 38.5 Å². The molecule has 2 heterocycles. The Morgan fingerprint density at radius 2 is 1.46 bits per heavy atom. The molecule has 2 aromatic heterocycles. The predicted octanol–water partition coefficient (Wildman–Crippen LogP) is 6.24. The number of pyridine rings is 2. The van der Waals surface area contributed by atoms with Crippen LogP contribution in [-0.2, 0) is 10.8 Å². The molecule has 0 saturated heterocycles. The molecule has 2 aliphatic carbocycles. The van der Waals surface area contributed by atoms with Gasteiger partial charge in [0, 0.05) is 39.7 Å². The quantitative estimate of drug-likeness (QED) is 0.370. The largest absolute Gasteiger partial charge is 0.256 e. The molecule has 28 heavy (non-hydrogen) atoms. The average molecular weight is 362 g/mol. The minimum atomic E-state index is -0.0880. The van der Waals surface area contributed by atoms with Gasteiger partial charge in [-0.2, -0.15) is 0 Å². The molecule has 0 spiro atoms. The summed E-state index contributed by atoms with van der Waals surface area (Å²) in [7, 11) is 0. The molecule has 6 rings (SSSR count). The molecule has 0 N–H and O–H groups in total. The van der Waals surface area contributed by atoms with Crippen molar-refractivity contribution in [2.75, 3.05) is 0 Å². The van der Waals surface area contributed by atoms with Gasteiger partial charge in [-0.25, -0.2) is 0 Å². The molecule has 2 nitrogen and oxygen atoms in total. The first-order valence-electron chi connectivity index (χ1n) is 9.95. The zero-order valence-electron chi connectivity index (χ0n) is 16.7. The van der Waals surface area contributed by atoms with Gasteiger partial charge in [-0.1, -0.05) is 70.2 Å². The second kappa shape index (κ2) is 4.88. The second-order valence-corrected chi connectivity index (χ2v) is 9.13. The Balaban J connectivity index is 1.78. The van der Waals surface area contributed by atoms with Crippen LogP contribution in [0.1, 0.15) is 49.9 Å². The monoisotopic (exact) mass is 362 g/mol. The number of hydrogen-bond donors (Lipinski definition) is 0. The molecule has 0 atom stereocenters. The van der Waals surface area contributed by atoms with Gasteiger partial charge in [-0.3, -0.25) is 9.97 Å². The molecule has 0 unspecified atom stereocenters. The molecule has 0 aliphatic heterocycles. The van der Waals surface area contributed by atoms with Crippen molar-refractivity contribution in [3.05, 3.63) is 83.2 Å². The maximum Gasteiger partial charge on any atom is 0.0755 e. The van der Waals surface area contributed by atoms with Crippen molar-refractivity contribution in [2.24, 2.45) is 0 Å². The maximum absolute atomic E-state index is 5.01. The summed E-state index contributed by atoms with van der Waals surface area (Å²) in [5.41, 5.74) is 10.1. The van der Waals surface area contributed by atoms with E-state index in [9.17, 15) is 0 Å². The zero-order valence-corrected chi connectivity index (χ0v) is 16.7. The van der Waals surface area contributed by atoms with Crippen LogP contribution < -0.4 is 0 Å². The molecule has 2 aromatic carbocycles. The van der Waals surface area contributed by atoms with Crippen molar-refractivity contribution in [1.82, 2.24) is 9.97 Å². The number of hydrogen-bond acceptors (Lipinski definition) is 2. The summed E-state index contributed by atoms with van der Waals surface area (Å²) < 4.78 is 0. The molecule has 0 fully saturated rings. The highest BCUT2D eigenvalue weighted by Gasteiger charge is 2.46. The van der Waals surface area contributed by atoms with Gasteiger partial charge < -0.3 is 0 Å². The van der Waals surface area contributed by atoms with Crippen LogP contribution in [-0.4, -0.2) is 9.97 Å². The van der Waals surface area contributed by atoms with E-state index in [1.54, 1.807) is 0 Å². The molecular weight excluding hydrogens is 340 g/mol. The Morgan fingerprint density at radius 3 is 2.32 bits per heavy atom. The van der Waals surface area contributed by atoms with E-state index in [-0.39, 0.29) is 10.8 Å². The maximum atomic E-state index is 5.01. The third kappa shape index (κ3) is 1.70. The normalized spacial score (nSPS) is 17.1. The first-order valence-corrected chi connectivity index (χ1v) is 9.95. The lowest BCUT2D eigenvalue weighted by atomic mass is 9.77. The van der Waals surface area contributed by atoms with Crippen molar-refractivity contribution < 1.29 is 0 Å². The van der Waals surface area contributed by atoms with Gasteiger partial charge in [0.1, 0.15) is 0 Å². The van der Waals surface area contributed by atoms with Gasteiger partial charge >= 0.3 is 0 Å². The summed E-state index contributed by atoms with van der Waals surface area (Å²) in [5.74, 6) is 0. The number of fused-ring (bicyclic) bond motifs is 9. The van der Waals surface area contributed by atoms with E-state index in [4.69, 9.17) is 9.97 Å². The fourth-order valence-electron chi connectivity index (χ4n) is 5.60. The fraction of sp³-hybridized carbons (Fsp3) is 0.231. The summed E-state index contributed by atoms with van der Waals surface area (Å²) >= 11 is 0. The molecule has 0 amide bonds. The zero-order chi connectivity index (χ0) is 19.3. The molecule has 2 aliphatic rings. The highest BCUT2D eigenvalue weighted by Crippen LogP contribution is 2.58. The SMILES string of the molecule is CC1(C)c2cccnc2-c2ccc3c(c21)-c1ncc2ccccc2c1C3(C)C. The van der Waals surface area contributed by atoms with Gasteiger partial charge in [0.25, 0.3) is 0 Å². The Bertz CT molecular complexity index is 1310. The van der Waals surface area contributed by atoms with E-state index in [1.807, 2.05) is 12.4 Å². The van der Waals surface area contributed by atoms with Crippen LogP contribution in [0.15, 0.2) is 60.9 Å². The van der Waals surface area contributed by atoms with Gasteiger partial charge in [-0.15, -0.1) is 0 Å². The minimum Gasteiger partial charge on any atom is -0.256 e. The van der Waals surface area contributed by atoms with Crippen molar-refractivity contribution >= 4 is 10.8 Å². The summed E-state index contributed by atoms with van der Waals surface area (Å²) in [5, 5.41) is 2.52. The standard InChI is InChI=1S/C26H22N2/c1-25(2)18-12-11-17-21(26(3,4)19-10-7-13-27-23(17)19)20(18)24-22(25)16-9-6-5-8-15(16)14-28-24/h5-14H,1-4H3. The lowest BCUT2D eigenvalue weighted by Gasteiger charge is -2.25. The van der Waals surface area contributed by atoms with Crippen LogP contribution in [0.2, 0.25) is 0 Å². The lowest BCUT2D eigenvalue weighted by molar-refractivity contribution is 0.649. The smallest absolute Gasteiger partial charge is 0.0755 e. The Morgan fingerprint density at radius 1 is 0.679 bits per heavy atom. The van der Waals surface area contributed by atoms with Crippen LogP contribution >= 0.6 is 0 Å². The van der Waals surface area contributed by atoms with Crippen molar-refractivity contribution in [3.63, 3.8) is 0 Å². The van der Waals surface area contributed by atoms with E-state index in [0.717, 1.165) is 11.4 Å². The molecule has 0 radical (unpaired) electrons. The highest BCUT2D eigenvalue weighted by molar-refractivity contribution is 5.99. The molecular formula is C26H22N2. The number of benzene rings is 2. The van der Waals surface area contributed by atoms with Crippen LogP contribution in [0, 0.1) is 0 Å². The van der Waals surface area contributed by atoms with Crippen LogP contribution in [0.4, 0.5) is 0 Å². The molecule has 0 saturated carbocycles. The molecule has 0 bridgehead atoms. The third-order valence-corrected chi connectivity index (χ3v) is 6.90. The molecule has 2 heteroatoms. The van der Waals surface area contributed by atoms with Gasteiger partial charge in [0.05, 0.1) is 11.4 Å². The Hall–Kier alpha value is -3.00. The van der Waals surface area contributed by atoms with Gasteiger partial charge in [0.15, 0.2) is 0 Å². The first kappa shape index (κ1) is 16.0. The number of rotatable bonds is 0. The Labute approximate surface area is 165 Å². The summed E-state index contributed by atoms with van der Waals surface area (Å²) in [6.07, 6.45) is 3.94. The van der Waals surface area contributed by atoms with E-state index >= 15 is 0 Å². The predicted molar refractivity (Wildman–Crippen MR) is 115 cm³/mol. The van der Waals surface area contributed by atoms with E-state index in [2.05, 4.69) is 76.2 Å². The van der Waals surface area contributed by atoms with Gasteiger partial charge in [0.2, 0.25) is 0 Å². The van der Waals surface area contributed by atoms with E-state index in [1.165, 1.54) is 44.2 Å². The highest BCUT2D eigenvalue weighted by atomic mass is 14.7. The van der Waals surface area contributed by atoms with Crippen LogP contribution in [0.25, 0.3) is 33.3 Å². The van der Waals surface area contributed by atoms with Gasteiger partial charge in [-0.05, 0) is 33.7 Å². The van der Waals surface area contributed by atoms with Crippen molar-refractivity contribution in [3.8, 4) is 22.5 Å². The topological polar surface area (TPSA) is 25.8 Å². The number of nitrogens with zero attached hydrogens (tertiary/aromatic N) is 2. The second-order valence-electron chi connectivity index (χ2n) is 9.13. The van der Waals surface area contributed by atoms with E-state index < -0.39 is 0 Å². The van der Waals surface area contributed by atoms with Crippen LogP contribution in [0.3, 0.4) is 0 Å². The third-order valence-electron chi connectivity index (χ3n) is 6.90. The van der Waals surface area contributed by atoms with E-state index in [0.29, 0.717) is 0 Å². The molecule has 136 valence electrons. The lowest BCUT2D eigenvalue weighted by Crippen LogP contribution is -2.18. The number of aromatic nitrogens is 2. The minimum absolute atomic E-state index is 0.0775.